The van der Waals surface area contributed by atoms with Gasteiger partial charge in [-0.1, -0.05) is 19.1 Å². The molecule has 124 valence electrons. The molecule has 1 aliphatic heterocycles. The van der Waals surface area contributed by atoms with E-state index in [4.69, 9.17) is 0 Å². The summed E-state index contributed by atoms with van der Waals surface area (Å²) in [6.45, 7) is 10.5. The molecule has 3 heteroatoms. The van der Waals surface area contributed by atoms with Crippen LogP contribution in [-0.2, 0) is 6.54 Å². The Bertz CT molecular complexity index is 775. The Morgan fingerprint density at radius 2 is 1.91 bits per heavy atom. The van der Waals surface area contributed by atoms with Gasteiger partial charge >= 0.3 is 0 Å². The quantitative estimate of drug-likeness (QED) is 0.898. The SMILES string of the molecule is CC[C@H]1CCCC[NH+]1Cc1c(C)[nH]c2c(C)ccc(C)c2c1=O. The minimum Gasteiger partial charge on any atom is -0.358 e. The molecule has 2 N–H and O–H groups in total. The average Bonchev–Trinajstić information content (AvgIpc) is 2.55. The van der Waals surface area contributed by atoms with Crippen LogP contribution in [0.3, 0.4) is 0 Å². The third-order valence-corrected chi connectivity index (χ3v) is 5.66. The van der Waals surface area contributed by atoms with Crippen molar-refractivity contribution in [2.75, 3.05) is 6.54 Å². The van der Waals surface area contributed by atoms with Gasteiger partial charge in [-0.3, -0.25) is 4.79 Å². The monoisotopic (exact) mass is 313 g/mol. The summed E-state index contributed by atoms with van der Waals surface area (Å²) in [5, 5.41) is 0.884. The number of likely N-dealkylation sites (tertiary alicyclic amines) is 1. The van der Waals surface area contributed by atoms with Crippen LogP contribution in [0.2, 0.25) is 0 Å². The van der Waals surface area contributed by atoms with E-state index in [1.54, 1.807) is 4.90 Å². The summed E-state index contributed by atoms with van der Waals surface area (Å²) in [6.07, 6.45) is 5.13. The fourth-order valence-corrected chi connectivity index (χ4v) is 4.17. The second-order valence-corrected chi connectivity index (χ2v) is 7.19. The van der Waals surface area contributed by atoms with E-state index in [-0.39, 0.29) is 5.43 Å². The summed E-state index contributed by atoms with van der Waals surface area (Å²) in [4.78, 5) is 18.3. The number of benzene rings is 1. The molecule has 0 spiro atoms. The van der Waals surface area contributed by atoms with Gasteiger partial charge in [-0.2, -0.15) is 0 Å². The molecule has 1 aromatic carbocycles. The molecule has 1 unspecified atom stereocenters. The Morgan fingerprint density at radius 1 is 1.17 bits per heavy atom. The fraction of sp³-hybridized carbons (Fsp3) is 0.550. The topological polar surface area (TPSA) is 37.3 Å². The van der Waals surface area contributed by atoms with Crippen molar-refractivity contribution in [1.29, 1.82) is 0 Å². The number of H-pyrrole nitrogens is 1. The van der Waals surface area contributed by atoms with Gasteiger partial charge in [-0.05, 0) is 57.6 Å². The normalized spacial score (nSPS) is 21.7. The van der Waals surface area contributed by atoms with Crippen LogP contribution < -0.4 is 10.3 Å². The first-order chi connectivity index (χ1) is 11.0. The molecule has 0 amide bonds. The lowest BCUT2D eigenvalue weighted by Crippen LogP contribution is -3.15. The predicted octanol–water partition coefficient (Wildman–Crippen LogP) is 2.80. The maximum absolute atomic E-state index is 13.2. The van der Waals surface area contributed by atoms with Crippen LogP contribution in [0.5, 0.6) is 0 Å². The maximum Gasteiger partial charge on any atom is 0.198 e. The highest BCUT2D eigenvalue weighted by Crippen LogP contribution is 2.19. The first-order valence-electron chi connectivity index (χ1n) is 8.99. The zero-order chi connectivity index (χ0) is 16.6. The average molecular weight is 313 g/mol. The Labute approximate surface area is 138 Å². The number of pyridine rings is 1. The number of hydrogen-bond donors (Lipinski definition) is 2. The van der Waals surface area contributed by atoms with Gasteiger partial charge in [0.15, 0.2) is 5.43 Å². The Hall–Kier alpha value is -1.61. The molecule has 2 atom stereocenters. The molecule has 1 fully saturated rings. The second kappa shape index (κ2) is 6.48. The second-order valence-electron chi connectivity index (χ2n) is 7.19. The fourth-order valence-electron chi connectivity index (χ4n) is 4.17. The van der Waals surface area contributed by atoms with Crippen molar-refractivity contribution in [3.63, 3.8) is 0 Å². The van der Waals surface area contributed by atoms with Gasteiger partial charge in [0.1, 0.15) is 6.54 Å². The van der Waals surface area contributed by atoms with Crippen LogP contribution in [0.1, 0.15) is 55.0 Å². The molecule has 0 aliphatic carbocycles. The summed E-state index contributed by atoms with van der Waals surface area (Å²) < 4.78 is 0. The van der Waals surface area contributed by atoms with Gasteiger partial charge in [-0.15, -0.1) is 0 Å². The predicted molar refractivity (Wildman–Crippen MR) is 96.2 cm³/mol. The lowest BCUT2D eigenvalue weighted by molar-refractivity contribution is -0.944. The van der Waals surface area contributed by atoms with E-state index < -0.39 is 0 Å². The largest absolute Gasteiger partial charge is 0.358 e. The van der Waals surface area contributed by atoms with E-state index in [1.807, 2.05) is 6.92 Å². The third kappa shape index (κ3) is 2.94. The van der Waals surface area contributed by atoms with Gasteiger partial charge in [-0.25, -0.2) is 0 Å². The number of quaternary nitrogens is 1. The summed E-state index contributed by atoms with van der Waals surface area (Å²) >= 11 is 0. The summed E-state index contributed by atoms with van der Waals surface area (Å²) in [5.41, 5.74) is 5.51. The van der Waals surface area contributed by atoms with Crippen molar-refractivity contribution in [2.45, 2.75) is 66.0 Å². The highest BCUT2D eigenvalue weighted by atomic mass is 16.1. The van der Waals surface area contributed by atoms with Gasteiger partial charge in [0.2, 0.25) is 0 Å². The maximum atomic E-state index is 13.2. The highest BCUT2D eigenvalue weighted by Gasteiger charge is 2.26. The van der Waals surface area contributed by atoms with Crippen LogP contribution >= 0.6 is 0 Å². The number of aromatic nitrogens is 1. The molecule has 2 heterocycles. The molecule has 0 bridgehead atoms. The van der Waals surface area contributed by atoms with E-state index in [0.717, 1.165) is 39.8 Å². The number of aromatic amines is 1. The molecule has 3 nitrogen and oxygen atoms in total. The molecule has 0 radical (unpaired) electrons. The zero-order valence-corrected chi connectivity index (χ0v) is 14.9. The molecule has 23 heavy (non-hydrogen) atoms. The van der Waals surface area contributed by atoms with E-state index in [0.29, 0.717) is 6.04 Å². The minimum absolute atomic E-state index is 0.241. The van der Waals surface area contributed by atoms with Crippen LogP contribution in [0.25, 0.3) is 10.9 Å². The van der Waals surface area contributed by atoms with Crippen LogP contribution in [0.15, 0.2) is 16.9 Å². The van der Waals surface area contributed by atoms with Crippen molar-refractivity contribution in [1.82, 2.24) is 4.98 Å². The van der Waals surface area contributed by atoms with E-state index in [2.05, 4.69) is 37.9 Å². The summed E-state index contributed by atoms with van der Waals surface area (Å²) in [5.74, 6) is 0. The Morgan fingerprint density at radius 3 is 2.65 bits per heavy atom. The molecule has 0 saturated carbocycles. The number of hydrogen-bond acceptors (Lipinski definition) is 1. The molecule has 1 aromatic heterocycles. The molecule has 1 saturated heterocycles. The molecular formula is C20H29N2O+. The lowest BCUT2D eigenvalue weighted by Gasteiger charge is -2.32. The van der Waals surface area contributed by atoms with E-state index in [9.17, 15) is 4.79 Å². The van der Waals surface area contributed by atoms with Crippen molar-refractivity contribution >= 4 is 10.9 Å². The minimum atomic E-state index is 0.241. The number of rotatable bonds is 3. The standard InChI is InChI=1S/C20H28N2O/c1-5-16-8-6-7-11-22(16)12-17-15(4)21-19-14(3)10-9-13(2)18(19)20(17)23/h9-10,16H,5-8,11-12H2,1-4H3,(H,21,23)/p+1/t16-/m0/s1. The van der Waals surface area contributed by atoms with E-state index in [1.165, 1.54) is 32.2 Å². The Balaban J connectivity index is 2.08. The number of aryl methyl sites for hydroxylation is 3. The molecule has 1 aliphatic rings. The number of fused-ring (bicyclic) bond motifs is 1. The highest BCUT2D eigenvalue weighted by molar-refractivity contribution is 5.85. The van der Waals surface area contributed by atoms with Crippen molar-refractivity contribution < 1.29 is 4.90 Å². The molecule has 3 rings (SSSR count). The molecule has 2 aromatic rings. The zero-order valence-electron chi connectivity index (χ0n) is 14.9. The number of piperidine rings is 1. The summed E-state index contributed by atoms with van der Waals surface area (Å²) in [6, 6.07) is 4.86. The van der Waals surface area contributed by atoms with Crippen LogP contribution in [0.4, 0.5) is 0 Å². The van der Waals surface area contributed by atoms with Crippen molar-refractivity contribution in [3.05, 3.63) is 44.7 Å². The van der Waals surface area contributed by atoms with Gasteiger partial charge in [0.05, 0.1) is 23.7 Å². The summed E-state index contributed by atoms with van der Waals surface area (Å²) in [7, 11) is 0. The van der Waals surface area contributed by atoms with Crippen LogP contribution in [0, 0.1) is 20.8 Å². The first-order valence-corrected chi connectivity index (χ1v) is 8.99. The smallest absolute Gasteiger partial charge is 0.198 e. The van der Waals surface area contributed by atoms with Gasteiger partial charge in [0.25, 0.3) is 0 Å². The first kappa shape index (κ1) is 16.3. The number of nitrogens with one attached hydrogen (secondary N) is 2. The van der Waals surface area contributed by atoms with Gasteiger partial charge < -0.3 is 9.88 Å². The van der Waals surface area contributed by atoms with Crippen molar-refractivity contribution in [3.8, 4) is 0 Å². The molecular weight excluding hydrogens is 284 g/mol. The Kier molecular flexibility index (Phi) is 4.58. The van der Waals surface area contributed by atoms with E-state index >= 15 is 0 Å². The lowest BCUT2D eigenvalue weighted by atomic mass is 9.97. The van der Waals surface area contributed by atoms with Crippen molar-refractivity contribution in [2.24, 2.45) is 0 Å². The van der Waals surface area contributed by atoms with Crippen LogP contribution in [-0.4, -0.2) is 17.6 Å². The third-order valence-electron chi connectivity index (χ3n) is 5.66. The van der Waals surface area contributed by atoms with Gasteiger partial charge in [0, 0.05) is 11.1 Å².